The van der Waals surface area contributed by atoms with Gasteiger partial charge in [0.2, 0.25) is 0 Å². The molecular weight excluding hydrogens is 260 g/mol. The Hall–Kier alpha value is -0.550. The monoisotopic (exact) mass is 274 g/mol. The lowest BCUT2D eigenvalue weighted by molar-refractivity contribution is 0.0189. The molecule has 16 heavy (non-hydrogen) atoms. The fourth-order valence-electron chi connectivity index (χ4n) is 0.642. The van der Waals surface area contributed by atoms with Gasteiger partial charge in [-0.2, -0.15) is 0 Å². The number of hydrogen-bond donors (Lipinski definition) is 2. The van der Waals surface area contributed by atoms with Gasteiger partial charge in [0.1, 0.15) is 5.60 Å². The van der Waals surface area contributed by atoms with Gasteiger partial charge in [-0.05, 0) is 20.8 Å². The maximum atomic E-state index is 11.4. The number of carbonyl (C=O) groups is 1. The lowest BCUT2D eigenvalue weighted by Gasteiger charge is -2.27. The zero-order valence-corrected chi connectivity index (χ0v) is 10.9. The first-order valence-electron chi connectivity index (χ1n) is 4.05. The maximum Gasteiger partial charge on any atom is 0.440 e. The van der Waals surface area contributed by atoms with Crippen molar-refractivity contribution in [3.8, 4) is 0 Å². The molecule has 2 atom stereocenters. The van der Waals surface area contributed by atoms with Crippen molar-refractivity contribution in [1.29, 1.82) is 0 Å². The van der Waals surface area contributed by atoms with Gasteiger partial charge in [0.15, 0.2) is 0 Å². The smallest absolute Gasteiger partial charge is 0.440 e. The van der Waals surface area contributed by atoms with E-state index in [4.69, 9.17) is 13.8 Å². The van der Waals surface area contributed by atoms with Gasteiger partial charge in [-0.15, -0.1) is 4.41 Å². The van der Waals surface area contributed by atoms with Crippen LogP contribution in [0.2, 0.25) is 0 Å². The standard InChI is InChI=1S/C6H14N2O6S2/c1-6(2,3)14-5(9)8(16(12)13)7(4)15(10)11/h1-4H3,(H,10,11)(H,12,13). The predicted molar refractivity (Wildman–Crippen MR) is 57.4 cm³/mol. The first-order valence-corrected chi connectivity index (χ1v) is 6.17. The maximum absolute atomic E-state index is 11.4. The number of hydrogen-bond acceptors (Lipinski definition) is 4. The van der Waals surface area contributed by atoms with Crippen LogP contribution in [0.1, 0.15) is 20.8 Å². The Bertz CT molecular complexity index is 315. The molecule has 0 aliphatic carbocycles. The lowest BCUT2D eigenvalue weighted by Crippen LogP contribution is -2.47. The van der Waals surface area contributed by atoms with E-state index in [1.54, 1.807) is 20.8 Å². The predicted octanol–water partition coefficient (Wildman–Crippen LogP) is 0.344. The van der Waals surface area contributed by atoms with E-state index < -0.39 is 34.2 Å². The van der Waals surface area contributed by atoms with Gasteiger partial charge in [0.05, 0.1) is 0 Å². The van der Waals surface area contributed by atoms with Crippen molar-refractivity contribution in [2.75, 3.05) is 7.05 Å². The number of amides is 1. The Morgan fingerprint density at radius 1 is 1.19 bits per heavy atom. The van der Waals surface area contributed by atoms with Crippen molar-refractivity contribution in [3.63, 3.8) is 0 Å². The van der Waals surface area contributed by atoms with Crippen molar-refractivity contribution in [2.24, 2.45) is 0 Å². The second kappa shape index (κ2) is 5.68. The quantitative estimate of drug-likeness (QED) is 0.567. The zero-order chi connectivity index (χ0) is 13.1. The summed E-state index contributed by atoms with van der Waals surface area (Å²) < 4.78 is 44.3. The molecule has 10 heteroatoms. The molecule has 0 aromatic rings. The van der Waals surface area contributed by atoms with Crippen LogP contribution < -0.4 is 0 Å². The summed E-state index contributed by atoms with van der Waals surface area (Å²) in [5, 5.41) is 0. The molecule has 8 nitrogen and oxygen atoms in total. The van der Waals surface area contributed by atoms with Gasteiger partial charge in [-0.1, -0.05) is 4.41 Å². The molecule has 0 aliphatic heterocycles. The summed E-state index contributed by atoms with van der Waals surface area (Å²) in [6, 6.07) is 0. The van der Waals surface area contributed by atoms with E-state index in [1.165, 1.54) is 0 Å². The van der Waals surface area contributed by atoms with Gasteiger partial charge in [0.25, 0.3) is 22.5 Å². The number of rotatable bonds is 3. The fraction of sp³-hybridized carbons (Fsp3) is 0.833. The third-order valence-electron chi connectivity index (χ3n) is 1.18. The molecule has 2 unspecified atom stereocenters. The topological polar surface area (TPSA) is 107 Å². The van der Waals surface area contributed by atoms with Gasteiger partial charge in [0, 0.05) is 7.05 Å². The molecule has 1 amide bonds. The first-order chi connectivity index (χ1) is 7.06. The summed E-state index contributed by atoms with van der Waals surface area (Å²) in [4.78, 5) is 11.4. The Morgan fingerprint density at radius 2 is 1.62 bits per heavy atom. The lowest BCUT2D eigenvalue weighted by atomic mass is 10.2. The molecular formula is C6H14N2O6S2. The number of ether oxygens (including phenoxy) is 1. The first kappa shape index (κ1) is 15.4. The van der Waals surface area contributed by atoms with Crippen LogP contribution in [0.3, 0.4) is 0 Å². The Kier molecular flexibility index (Phi) is 5.49. The summed E-state index contributed by atoms with van der Waals surface area (Å²) in [6.45, 7) is 4.66. The fourth-order valence-corrected chi connectivity index (χ4v) is 1.54. The highest BCUT2D eigenvalue weighted by Crippen LogP contribution is 2.12. The summed E-state index contributed by atoms with van der Waals surface area (Å²) in [5.74, 6) is 0. The van der Waals surface area contributed by atoms with Gasteiger partial charge >= 0.3 is 6.09 Å². The van der Waals surface area contributed by atoms with Crippen molar-refractivity contribution in [3.05, 3.63) is 0 Å². The molecule has 0 rings (SSSR count). The van der Waals surface area contributed by atoms with Gasteiger partial charge in [-0.25, -0.2) is 13.2 Å². The molecule has 0 saturated carbocycles. The second-order valence-electron chi connectivity index (χ2n) is 3.68. The average Bonchev–Trinajstić information content (AvgIpc) is 1.99. The van der Waals surface area contributed by atoms with Crippen molar-refractivity contribution in [2.45, 2.75) is 26.4 Å². The Labute approximate surface area is 98.4 Å². The molecule has 96 valence electrons. The summed E-state index contributed by atoms with van der Waals surface area (Å²) in [5.41, 5.74) is -0.882. The minimum Gasteiger partial charge on any atom is -0.442 e. The summed E-state index contributed by atoms with van der Waals surface area (Å²) in [7, 11) is 0.994. The Balaban J connectivity index is 4.88. The molecule has 0 bridgehead atoms. The third kappa shape index (κ3) is 4.99. The highest BCUT2D eigenvalue weighted by molar-refractivity contribution is 7.80. The van der Waals surface area contributed by atoms with E-state index >= 15 is 0 Å². The van der Waals surface area contributed by atoms with E-state index in [9.17, 15) is 13.2 Å². The number of hydrazine groups is 1. The SMILES string of the molecule is CN(N(C(=O)OC(C)(C)C)S(=O)O)S(=O)O. The van der Waals surface area contributed by atoms with Crippen molar-refractivity contribution < 1.29 is 27.1 Å². The average molecular weight is 274 g/mol. The van der Waals surface area contributed by atoms with E-state index in [0.29, 0.717) is 4.41 Å². The molecule has 0 fully saturated rings. The van der Waals surface area contributed by atoms with Crippen LogP contribution in [-0.2, 0) is 27.3 Å². The minimum atomic E-state index is -2.79. The highest BCUT2D eigenvalue weighted by Gasteiger charge is 2.31. The Morgan fingerprint density at radius 3 is 1.88 bits per heavy atom. The highest BCUT2D eigenvalue weighted by atomic mass is 32.2. The summed E-state index contributed by atoms with van der Waals surface area (Å²) >= 11 is -5.39. The zero-order valence-electron chi connectivity index (χ0n) is 9.24. The second-order valence-corrected chi connectivity index (χ2v) is 5.48. The van der Waals surface area contributed by atoms with Crippen LogP contribution in [0.15, 0.2) is 0 Å². The van der Waals surface area contributed by atoms with Gasteiger partial charge in [-0.3, -0.25) is 9.11 Å². The largest absolute Gasteiger partial charge is 0.442 e. The number of carbonyl (C=O) groups excluding carboxylic acids is 1. The molecule has 2 N–H and O–H groups in total. The molecule has 0 spiro atoms. The van der Waals surface area contributed by atoms with Crippen LogP contribution in [0.5, 0.6) is 0 Å². The van der Waals surface area contributed by atoms with Crippen LogP contribution >= 0.6 is 0 Å². The van der Waals surface area contributed by atoms with Crippen molar-refractivity contribution in [1.82, 2.24) is 8.83 Å². The molecule has 0 aliphatic rings. The normalized spacial score (nSPS) is 15.7. The minimum absolute atomic E-state index is 0.126. The third-order valence-corrected chi connectivity index (χ3v) is 2.59. The van der Waals surface area contributed by atoms with E-state index in [2.05, 4.69) is 0 Å². The molecule has 0 aromatic carbocycles. The van der Waals surface area contributed by atoms with E-state index in [1.807, 2.05) is 0 Å². The van der Waals surface area contributed by atoms with Crippen LogP contribution in [0.25, 0.3) is 0 Å². The van der Waals surface area contributed by atoms with E-state index in [0.717, 1.165) is 7.05 Å². The summed E-state index contributed by atoms with van der Waals surface area (Å²) in [6.07, 6.45) is -1.20. The molecule has 0 saturated heterocycles. The number of nitrogens with zero attached hydrogens (tertiary/aromatic N) is 2. The van der Waals surface area contributed by atoms with Crippen LogP contribution in [-0.4, -0.2) is 45.1 Å². The van der Waals surface area contributed by atoms with Crippen LogP contribution in [0.4, 0.5) is 4.79 Å². The molecule has 0 heterocycles. The van der Waals surface area contributed by atoms with Crippen LogP contribution in [0, 0.1) is 0 Å². The van der Waals surface area contributed by atoms with Crippen molar-refractivity contribution >= 4 is 28.6 Å². The molecule has 0 aromatic heterocycles. The van der Waals surface area contributed by atoms with E-state index in [-0.39, 0.29) is 4.41 Å². The van der Waals surface area contributed by atoms with Gasteiger partial charge < -0.3 is 4.74 Å². The molecule has 0 radical (unpaired) electrons.